The minimum atomic E-state index is 0.279. The zero-order valence-corrected chi connectivity index (χ0v) is 12.2. The van der Waals surface area contributed by atoms with Crippen molar-refractivity contribution < 1.29 is 4.74 Å². The standard InChI is InChI=1S/C17H18ClNO/c1-12(13-5-4-6-15(18)9-13)19-10-14-11-20-17-8-3-2-7-16(14)17/h2-9,12,14,19H,10-11H2,1H3/t12-,14?/m0/s1. The number of hydrogen-bond acceptors (Lipinski definition) is 2. The van der Waals surface area contributed by atoms with Crippen LogP contribution in [0.3, 0.4) is 0 Å². The smallest absolute Gasteiger partial charge is 0.122 e. The van der Waals surface area contributed by atoms with E-state index in [2.05, 4.69) is 30.4 Å². The highest BCUT2D eigenvalue weighted by Crippen LogP contribution is 2.33. The highest BCUT2D eigenvalue weighted by atomic mass is 35.5. The van der Waals surface area contributed by atoms with Crippen molar-refractivity contribution in [3.05, 3.63) is 64.7 Å². The molecule has 0 fully saturated rings. The molecule has 20 heavy (non-hydrogen) atoms. The van der Waals surface area contributed by atoms with Crippen molar-refractivity contribution in [2.24, 2.45) is 0 Å². The lowest BCUT2D eigenvalue weighted by Gasteiger charge is -2.17. The maximum Gasteiger partial charge on any atom is 0.122 e. The number of halogens is 1. The summed E-state index contributed by atoms with van der Waals surface area (Å²) < 4.78 is 5.71. The van der Waals surface area contributed by atoms with E-state index in [1.165, 1.54) is 11.1 Å². The van der Waals surface area contributed by atoms with Gasteiger partial charge in [0.05, 0.1) is 6.61 Å². The zero-order valence-electron chi connectivity index (χ0n) is 11.5. The third-order valence-corrected chi connectivity index (χ3v) is 4.05. The lowest BCUT2D eigenvalue weighted by atomic mass is 10.0. The summed E-state index contributed by atoms with van der Waals surface area (Å²) in [5.41, 5.74) is 2.52. The number of benzene rings is 2. The average molecular weight is 288 g/mol. The first kappa shape index (κ1) is 13.5. The minimum absolute atomic E-state index is 0.279. The summed E-state index contributed by atoms with van der Waals surface area (Å²) in [6.45, 7) is 3.83. The van der Waals surface area contributed by atoms with Gasteiger partial charge in [0.1, 0.15) is 5.75 Å². The molecule has 1 unspecified atom stereocenters. The van der Waals surface area contributed by atoms with E-state index >= 15 is 0 Å². The van der Waals surface area contributed by atoms with Gasteiger partial charge in [-0.15, -0.1) is 0 Å². The number of para-hydroxylation sites is 1. The molecule has 0 aliphatic carbocycles. The molecule has 3 heteroatoms. The van der Waals surface area contributed by atoms with Crippen LogP contribution in [0.5, 0.6) is 5.75 Å². The Morgan fingerprint density at radius 2 is 2.10 bits per heavy atom. The molecular weight excluding hydrogens is 270 g/mol. The van der Waals surface area contributed by atoms with Gasteiger partial charge in [0.25, 0.3) is 0 Å². The predicted molar refractivity (Wildman–Crippen MR) is 82.5 cm³/mol. The molecule has 2 aromatic carbocycles. The van der Waals surface area contributed by atoms with Crippen LogP contribution in [0.4, 0.5) is 0 Å². The molecule has 0 saturated heterocycles. The molecule has 0 saturated carbocycles. The molecule has 1 heterocycles. The van der Waals surface area contributed by atoms with Gasteiger partial charge in [-0.05, 0) is 30.7 Å². The Hall–Kier alpha value is -1.51. The number of hydrogen-bond donors (Lipinski definition) is 1. The molecule has 2 aromatic rings. The average Bonchev–Trinajstić information content (AvgIpc) is 2.88. The van der Waals surface area contributed by atoms with E-state index < -0.39 is 0 Å². The van der Waals surface area contributed by atoms with Gasteiger partial charge >= 0.3 is 0 Å². The van der Waals surface area contributed by atoms with E-state index in [1.807, 2.05) is 30.3 Å². The van der Waals surface area contributed by atoms with Crippen LogP contribution in [0, 0.1) is 0 Å². The maximum atomic E-state index is 6.04. The molecule has 0 radical (unpaired) electrons. The third-order valence-electron chi connectivity index (χ3n) is 3.82. The minimum Gasteiger partial charge on any atom is -0.493 e. The lowest BCUT2D eigenvalue weighted by molar-refractivity contribution is 0.323. The zero-order chi connectivity index (χ0) is 13.9. The van der Waals surface area contributed by atoms with Crippen molar-refractivity contribution >= 4 is 11.6 Å². The summed E-state index contributed by atoms with van der Waals surface area (Å²) in [5, 5.41) is 4.35. The van der Waals surface area contributed by atoms with Gasteiger partial charge in [-0.3, -0.25) is 0 Å². The summed E-state index contributed by atoms with van der Waals surface area (Å²) >= 11 is 6.04. The van der Waals surface area contributed by atoms with E-state index in [4.69, 9.17) is 16.3 Å². The number of rotatable bonds is 4. The Bertz CT molecular complexity index is 599. The Labute approximate surface area is 124 Å². The molecule has 3 rings (SSSR count). The van der Waals surface area contributed by atoms with Crippen LogP contribution < -0.4 is 10.1 Å². The molecule has 2 atom stereocenters. The molecule has 0 bridgehead atoms. The van der Waals surface area contributed by atoms with Gasteiger partial charge in [0.2, 0.25) is 0 Å². The molecule has 1 N–H and O–H groups in total. The van der Waals surface area contributed by atoms with Gasteiger partial charge in [-0.1, -0.05) is 41.9 Å². The largest absolute Gasteiger partial charge is 0.493 e. The van der Waals surface area contributed by atoms with Crippen LogP contribution in [0.25, 0.3) is 0 Å². The second-order valence-electron chi connectivity index (χ2n) is 5.23. The Balaban J connectivity index is 1.63. The molecular formula is C17H18ClNO. The highest BCUT2D eigenvalue weighted by Gasteiger charge is 2.23. The molecule has 2 nitrogen and oxygen atoms in total. The highest BCUT2D eigenvalue weighted by molar-refractivity contribution is 6.30. The van der Waals surface area contributed by atoms with E-state index in [0.29, 0.717) is 5.92 Å². The molecule has 104 valence electrons. The number of ether oxygens (including phenoxy) is 1. The normalized spacial score (nSPS) is 18.4. The lowest BCUT2D eigenvalue weighted by Crippen LogP contribution is -2.25. The summed E-state index contributed by atoms with van der Waals surface area (Å²) in [5.74, 6) is 1.45. The molecule has 0 aromatic heterocycles. The maximum absolute atomic E-state index is 6.04. The second-order valence-corrected chi connectivity index (χ2v) is 5.67. The summed E-state index contributed by atoms with van der Waals surface area (Å²) in [7, 11) is 0. The van der Waals surface area contributed by atoms with Crippen molar-refractivity contribution in [3.63, 3.8) is 0 Å². The summed E-state index contributed by atoms with van der Waals surface area (Å²) in [6.07, 6.45) is 0. The van der Waals surface area contributed by atoms with Crippen molar-refractivity contribution in [2.75, 3.05) is 13.2 Å². The number of fused-ring (bicyclic) bond motifs is 1. The number of nitrogens with one attached hydrogen (secondary N) is 1. The van der Waals surface area contributed by atoms with Crippen molar-refractivity contribution in [1.29, 1.82) is 0 Å². The third kappa shape index (κ3) is 2.82. The second kappa shape index (κ2) is 5.86. The Morgan fingerprint density at radius 1 is 1.25 bits per heavy atom. The van der Waals surface area contributed by atoms with E-state index in [0.717, 1.165) is 23.9 Å². The quantitative estimate of drug-likeness (QED) is 0.911. The van der Waals surface area contributed by atoms with Crippen LogP contribution in [-0.4, -0.2) is 13.2 Å². The topological polar surface area (TPSA) is 21.3 Å². The van der Waals surface area contributed by atoms with Crippen molar-refractivity contribution in [2.45, 2.75) is 18.9 Å². The molecule has 1 aliphatic rings. The Morgan fingerprint density at radius 3 is 2.95 bits per heavy atom. The first-order chi connectivity index (χ1) is 9.74. The fourth-order valence-corrected chi connectivity index (χ4v) is 2.81. The van der Waals surface area contributed by atoms with Crippen LogP contribution in [-0.2, 0) is 0 Å². The predicted octanol–water partition coefficient (Wildman–Crippen LogP) is 4.17. The first-order valence-corrected chi connectivity index (χ1v) is 7.32. The van der Waals surface area contributed by atoms with E-state index in [-0.39, 0.29) is 6.04 Å². The SMILES string of the molecule is C[C@H](NCC1COc2ccccc21)c1cccc(Cl)c1. The summed E-state index contributed by atoms with van der Waals surface area (Å²) in [6, 6.07) is 16.6. The molecule has 1 aliphatic heterocycles. The van der Waals surface area contributed by atoms with Gasteiger partial charge in [-0.2, -0.15) is 0 Å². The monoisotopic (exact) mass is 287 g/mol. The molecule has 0 spiro atoms. The van der Waals surface area contributed by atoms with Gasteiger partial charge in [-0.25, -0.2) is 0 Å². The van der Waals surface area contributed by atoms with Crippen molar-refractivity contribution in [1.82, 2.24) is 5.32 Å². The first-order valence-electron chi connectivity index (χ1n) is 6.94. The van der Waals surface area contributed by atoms with Crippen molar-refractivity contribution in [3.8, 4) is 5.75 Å². The summed E-state index contributed by atoms with van der Waals surface area (Å²) in [4.78, 5) is 0. The van der Waals surface area contributed by atoms with E-state index in [1.54, 1.807) is 0 Å². The van der Waals surface area contributed by atoms with Crippen LogP contribution in [0.15, 0.2) is 48.5 Å². The van der Waals surface area contributed by atoms with Crippen LogP contribution in [0.1, 0.15) is 30.0 Å². The van der Waals surface area contributed by atoms with E-state index in [9.17, 15) is 0 Å². The van der Waals surface area contributed by atoms with Gasteiger partial charge in [0.15, 0.2) is 0 Å². The fraction of sp³-hybridized carbons (Fsp3) is 0.294. The van der Waals surface area contributed by atoms with Gasteiger partial charge < -0.3 is 10.1 Å². The van der Waals surface area contributed by atoms with Gasteiger partial charge in [0, 0.05) is 29.1 Å². The Kier molecular flexibility index (Phi) is 3.95. The van der Waals surface area contributed by atoms with Crippen LogP contribution >= 0.6 is 11.6 Å². The fourth-order valence-electron chi connectivity index (χ4n) is 2.61. The van der Waals surface area contributed by atoms with Crippen LogP contribution in [0.2, 0.25) is 5.02 Å². The molecule has 0 amide bonds.